The zero-order valence-corrected chi connectivity index (χ0v) is 11.1. The largest absolute Gasteiger partial charge is 0.368 e. The van der Waals surface area contributed by atoms with Gasteiger partial charge >= 0.3 is 0 Å². The molecule has 0 atom stereocenters. The molecule has 0 aliphatic rings. The third kappa shape index (κ3) is 3.68. The Morgan fingerprint density at radius 3 is 2.62 bits per heavy atom. The monoisotopic (exact) mass is 288 g/mol. The lowest BCUT2D eigenvalue weighted by Crippen LogP contribution is -2.24. The molecule has 0 aliphatic heterocycles. The van der Waals surface area contributed by atoms with Crippen LogP contribution in [0.15, 0.2) is 22.7 Å². The average molecular weight is 289 g/mol. The van der Waals surface area contributed by atoms with Gasteiger partial charge in [-0.15, -0.1) is 0 Å². The molecule has 2 nitrogen and oxygen atoms in total. The molecule has 88 valence electrons. The van der Waals surface area contributed by atoms with Gasteiger partial charge in [0.05, 0.1) is 15.6 Å². The summed E-state index contributed by atoms with van der Waals surface area (Å²) in [6, 6.07) is 4.63. The number of ketones is 1. The number of halogens is 2. The molecule has 0 unspecified atom stereocenters. The average Bonchev–Trinajstić information content (AvgIpc) is 2.17. The van der Waals surface area contributed by atoms with Crippen molar-refractivity contribution in [1.29, 1.82) is 0 Å². The molecule has 0 aromatic heterocycles. The lowest BCUT2D eigenvalue weighted by atomic mass is 10.1. The van der Waals surface area contributed by atoms with E-state index in [1.165, 1.54) is 6.07 Å². The second-order valence-corrected chi connectivity index (χ2v) is 5.28. The topological polar surface area (TPSA) is 26.3 Å². The summed E-state index contributed by atoms with van der Waals surface area (Å²) in [6.45, 7) is 5.42. The standard InChI is InChI=1S/C12H14BrFO2/c1-12(2,3)16-7-10(15)8-5-4-6-9(13)11(8)14/h4-6H,7H2,1-3H3. The first-order valence-electron chi connectivity index (χ1n) is 4.92. The minimum Gasteiger partial charge on any atom is -0.368 e. The minimum atomic E-state index is -0.537. The van der Waals surface area contributed by atoms with E-state index < -0.39 is 11.4 Å². The van der Waals surface area contributed by atoms with Gasteiger partial charge in [-0.3, -0.25) is 4.79 Å². The molecule has 0 N–H and O–H groups in total. The number of carbonyl (C=O) groups excluding carboxylic acids is 1. The van der Waals surface area contributed by atoms with Gasteiger partial charge in [0, 0.05) is 0 Å². The fourth-order valence-electron chi connectivity index (χ4n) is 1.08. The molecule has 0 amide bonds. The van der Waals surface area contributed by atoms with Crippen molar-refractivity contribution in [3.8, 4) is 0 Å². The highest BCUT2D eigenvalue weighted by atomic mass is 79.9. The number of carbonyl (C=O) groups is 1. The van der Waals surface area contributed by atoms with E-state index in [0.717, 1.165) is 0 Å². The molecule has 1 aromatic carbocycles. The van der Waals surface area contributed by atoms with Crippen molar-refractivity contribution in [3.05, 3.63) is 34.1 Å². The van der Waals surface area contributed by atoms with E-state index in [1.54, 1.807) is 12.1 Å². The van der Waals surface area contributed by atoms with Gasteiger partial charge in [0.25, 0.3) is 0 Å². The third-order valence-corrected chi connectivity index (χ3v) is 2.50. The number of hydrogen-bond acceptors (Lipinski definition) is 2. The summed E-state index contributed by atoms with van der Waals surface area (Å²) in [5.74, 6) is -0.890. The van der Waals surface area contributed by atoms with Gasteiger partial charge in [-0.2, -0.15) is 0 Å². The molecular weight excluding hydrogens is 275 g/mol. The van der Waals surface area contributed by atoms with Gasteiger partial charge in [0.1, 0.15) is 12.4 Å². The molecule has 0 spiro atoms. The Bertz CT molecular complexity index is 396. The second-order valence-electron chi connectivity index (χ2n) is 4.43. The summed E-state index contributed by atoms with van der Waals surface area (Å²) < 4.78 is 19.1. The molecule has 0 heterocycles. The van der Waals surface area contributed by atoms with Crippen molar-refractivity contribution in [3.63, 3.8) is 0 Å². The van der Waals surface area contributed by atoms with Gasteiger partial charge in [-0.25, -0.2) is 4.39 Å². The molecule has 0 radical (unpaired) electrons. The summed E-state index contributed by atoms with van der Waals surface area (Å²) in [7, 11) is 0. The molecule has 16 heavy (non-hydrogen) atoms. The van der Waals surface area contributed by atoms with E-state index in [9.17, 15) is 9.18 Å². The molecule has 1 rings (SSSR count). The SMILES string of the molecule is CC(C)(C)OCC(=O)c1cccc(Br)c1F. The maximum Gasteiger partial charge on any atom is 0.191 e. The van der Waals surface area contributed by atoms with E-state index in [-0.39, 0.29) is 22.4 Å². The van der Waals surface area contributed by atoms with E-state index >= 15 is 0 Å². The number of Topliss-reactive ketones (excluding diaryl/α,β-unsaturated/α-hetero) is 1. The number of hydrogen-bond donors (Lipinski definition) is 0. The Morgan fingerprint density at radius 2 is 2.06 bits per heavy atom. The first-order chi connectivity index (χ1) is 7.31. The summed E-state index contributed by atoms with van der Waals surface area (Å²) in [5, 5.41) is 0. The quantitative estimate of drug-likeness (QED) is 0.795. The highest BCUT2D eigenvalue weighted by Crippen LogP contribution is 2.19. The van der Waals surface area contributed by atoms with Crippen LogP contribution < -0.4 is 0 Å². The molecule has 0 bridgehead atoms. The van der Waals surface area contributed by atoms with Crippen LogP contribution >= 0.6 is 15.9 Å². The molecule has 1 aromatic rings. The second kappa shape index (κ2) is 5.06. The Morgan fingerprint density at radius 1 is 1.44 bits per heavy atom. The van der Waals surface area contributed by atoms with Crippen molar-refractivity contribution < 1.29 is 13.9 Å². The van der Waals surface area contributed by atoms with Gasteiger partial charge < -0.3 is 4.74 Å². The van der Waals surface area contributed by atoms with Crippen LogP contribution in [-0.2, 0) is 4.74 Å². The number of ether oxygens (including phenoxy) is 1. The molecule has 4 heteroatoms. The first kappa shape index (κ1) is 13.3. The lowest BCUT2D eigenvalue weighted by Gasteiger charge is -2.18. The molecular formula is C12H14BrFO2. The van der Waals surface area contributed by atoms with E-state index in [0.29, 0.717) is 0 Å². The maximum atomic E-state index is 13.5. The van der Waals surface area contributed by atoms with Crippen molar-refractivity contribution >= 4 is 21.7 Å². The summed E-state index contributed by atoms with van der Waals surface area (Å²) in [5.41, 5.74) is -0.350. The van der Waals surface area contributed by atoms with Crippen LogP contribution in [0.25, 0.3) is 0 Å². The molecule has 0 saturated heterocycles. The lowest BCUT2D eigenvalue weighted by molar-refractivity contribution is 0.00289. The van der Waals surface area contributed by atoms with Crippen LogP contribution in [0.5, 0.6) is 0 Å². The van der Waals surface area contributed by atoms with Gasteiger partial charge in [-0.05, 0) is 48.8 Å². The van der Waals surface area contributed by atoms with Gasteiger partial charge in [0.15, 0.2) is 5.78 Å². The predicted molar refractivity (Wildman–Crippen MR) is 64.1 cm³/mol. The highest BCUT2D eigenvalue weighted by molar-refractivity contribution is 9.10. The van der Waals surface area contributed by atoms with Crippen LogP contribution in [0.4, 0.5) is 4.39 Å². The summed E-state index contributed by atoms with van der Waals surface area (Å²) in [6.07, 6.45) is 0. The minimum absolute atomic E-state index is 0.0543. The zero-order chi connectivity index (χ0) is 12.3. The van der Waals surface area contributed by atoms with Crippen molar-refractivity contribution in [2.24, 2.45) is 0 Å². The van der Waals surface area contributed by atoms with Gasteiger partial charge in [-0.1, -0.05) is 6.07 Å². The van der Waals surface area contributed by atoms with Crippen LogP contribution in [-0.4, -0.2) is 18.0 Å². The highest BCUT2D eigenvalue weighted by Gasteiger charge is 2.17. The summed E-state index contributed by atoms with van der Waals surface area (Å²) in [4.78, 5) is 11.7. The third-order valence-electron chi connectivity index (χ3n) is 1.89. The van der Waals surface area contributed by atoms with Crippen LogP contribution in [0.1, 0.15) is 31.1 Å². The van der Waals surface area contributed by atoms with Gasteiger partial charge in [0.2, 0.25) is 0 Å². The van der Waals surface area contributed by atoms with Crippen LogP contribution in [0.3, 0.4) is 0 Å². The Kier molecular flexibility index (Phi) is 4.21. The van der Waals surface area contributed by atoms with E-state index in [4.69, 9.17) is 4.74 Å². The smallest absolute Gasteiger partial charge is 0.191 e. The predicted octanol–water partition coefficient (Wildman–Crippen LogP) is 3.59. The van der Waals surface area contributed by atoms with Crippen molar-refractivity contribution in [2.45, 2.75) is 26.4 Å². The summed E-state index contributed by atoms with van der Waals surface area (Å²) >= 11 is 3.04. The molecule has 0 fully saturated rings. The van der Waals surface area contributed by atoms with E-state index in [1.807, 2.05) is 20.8 Å². The number of benzene rings is 1. The fourth-order valence-corrected chi connectivity index (χ4v) is 1.45. The Hall–Kier alpha value is -0.740. The van der Waals surface area contributed by atoms with Crippen LogP contribution in [0.2, 0.25) is 0 Å². The first-order valence-corrected chi connectivity index (χ1v) is 5.72. The number of rotatable bonds is 3. The van der Waals surface area contributed by atoms with Crippen LogP contribution in [0, 0.1) is 5.82 Å². The zero-order valence-electron chi connectivity index (χ0n) is 9.51. The molecule has 0 aliphatic carbocycles. The maximum absolute atomic E-state index is 13.5. The normalized spacial score (nSPS) is 11.6. The fraction of sp³-hybridized carbons (Fsp3) is 0.417. The Labute approximate surface area is 103 Å². The van der Waals surface area contributed by atoms with E-state index in [2.05, 4.69) is 15.9 Å². The van der Waals surface area contributed by atoms with Crippen molar-refractivity contribution in [2.75, 3.05) is 6.61 Å². The Balaban J connectivity index is 2.78. The molecule has 0 saturated carbocycles. The van der Waals surface area contributed by atoms with Crippen molar-refractivity contribution in [1.82, 2.24) is 0 Å².